The fourth-order valence-corrected chi connectivity index (χ4v) is 2.04. The van der Waals surface area contributed by atoms with Crippen molar-refractivity contribution in [3.63, 3.8) is 0 Å². The number of aliphatic hydroxyl groups is 1. The van der Waals surface area contributed by atoms with Crippen molar-refractivity contribution in [2.75, 3.05) is 6.61 Å². The molecule has 5 nitrogen and oxygen atoms in total. The molecule has 0 fully saturated rings. The fourth-order valence-electron chi connectivity index (χ4n) is 1.24. The molecule has 1 atom stereocenters. The second-order valence-electron chi connectivity index (χ2n) is 2.95. The summed E-state index contributed by atoms with van der Waals surface area (Å²) in [5.74, 6) is -0.875. The van der Waals surface area contributed by atoms with Gasteiger partial charge in [0.15, 0.2) is 0 Å². The Morgan fingerprint density at radius 1 is 1.47 bits per heavy atom. The molecule has 0 amide bonds. The van der Waals surface area contributed by atoms with Crippen LogP contribution in [0.1, 0.15) is 11.5 Å². The third-order valence-corrected chi connectivity index (χ3v) is 2.92. The van der Waals surface area contributed by atoms with Crippen molar-refractivity contribution in [3.05, 3.63) is 29.8 Å². The van der Waals surface area contributed by atoms with E-state index >= 15 is 0 Å². The van der Waals surface area contributed by atoms with Crippen LogP contribution in [0.4, 0.5) is 0 Å². The molecule has 1 aromatic carbocycles. The Kier molecular flexibility index (Phi) is 3.42. The zero-order chi connectivity index (χ0) is 11.5. The zero-order valence-electron chi connectivity index (χ0n) is 7.79. The molecule has 0 radical (unpaired) electrons. The lowest BCUT2D eigenvalue weighted by atomic mass is 10.0. The summed E-state index contributed by atoms with van der Waals surface area (Å²) in [4.78, 5) is -0.120. The zero-order valence-corrected chi connectivity index (χ0v) is 8.61. The molecule has 0 bridgehead atoms. The van der Waals surface area contributed by atoms with Gasteiger partial charge >= 0.3 is 0 Å². The van der Waals surface area contributed by atoms with E-state index in [0.717, 1.165) is 0 Å². The van der Waals surface area contributed by atoms with Gasteiger partial charge < -0.3 is 5.11 Å². The number of aliphatic hydroxyl groups excluding tert-OH is 1. The second kappa shape index (κ2) is 4.40. The summed E-state index contributed by atoms with van der Waals surface area (Å²) >= 11 is 0. The normalized spacial score (nSPS) is 13.1. The van der Waals surface area contributed by atoms with Gasteiger partial charge in [0.1, 0.15) is 0 Å². The predicted octanol–water partition coefficient (Wildman–Crippen LogP) is -0.0665. The van der Waals surface area contributed by atoms with E-state index in [0.29, 0.717) is 0 Å². The van der Waals surface area contributed by atoms with Gasteiger partial charge in [0.2, 0.25) is 10.0 Å². The van der Waals surface area contributed by atoms with Gasteiger partial charge in [-0.2, -0.15) is 5.26 Å². The molecule has 0 aliphatic carbocycles. The summed E-state index contributed by atoms with van der Waals surface area (Å²) < 4.78 is 22.4. The van der Waals surface area contributed by atoms with Gasteiger partial charge in [0.05, 0.1) is 23.5 Å². The highest BCUT2D eigenvalue weighted by Crippen LogP contribution is 2.22. The molecule has 0 saturated carbocycles. The molecule has 1 unspecified atom stereocenters. The number of rotatable bonds is 3. The van der Waals surface area contributed by atoms with Gasteiger partial charge in [-0.15, -0.1) is 0 Å². The summed E-state index contributed by atoms with van der Waals surface area (Å²) in [7, 11) is -3.86. The van der Waals surface area contributed by atoms with Crippen LogP contribution in [-0.4, -0.2) is 20.1 Å². The lowest BCUT2D eigenvalue weighted by molar-refractivity contribution is 0.285. The average Bonchev–Trinajstić information content (AvgIpc) is 2.19. The van der Waals surface area contributed by atoms with E-state index in [2.05, 4.69) is 0 Å². The Balaban J connectivity index is 3.38. The minimum atomic E-state index is -3.86. The molecular weight excluding hydrogens is 216 g/mol. The van der Waals surface area contributed by atoms with E-state index in [-0.39, 0.29) is 10.5 Å². The largest absolute Gasteiger partial charge is 0.395 e. The van der Waals surface area contributed by atoms with E-state index in [1.165, 1.54) is 18.2 Å². The second-order valence-corrected chi connectivity index (χ2v) is 4.48. The molecule has 0 aliphatic heterocycles. The van der Waals surface area contributed by atoms with Gasteiger partial charge in [0, 0.05) is 0 Å². The van der Waals surface area contributed by atoms with E-state index in [9.17, 15) is 8.42 Å². The number of sulfonamides is 1. The SMILES string of the molecule is N#CC(CO)c1ccccc1S(N)(=O)=O. The third kappa shape index (κ3) is 2.53. The van der Waals surface area contributed by atoms with Crippen molar-refractivity contribution in [3.8, 4) is 6.07 Å². The standard InChI is InChI=1S/C9H10N2O3S/c10-5-7(6-12)8-3-1-2-4-9(8)15(11,13)14/h1-4,7,12H,6H2,(H2,11,13,14). The number of nitrogens with two attached hydrogens (primary N) is 1. The number of benzene rings is 1. The average molecular weight is 226 g/mol. The molecule has 80 valence electrons. The molecule has 1 aromatic rings. The third-order valence-electron chi connectivity index (χ3n) is 1.94. The highest BCUT2D eigenvalue weighted by molar-refractivity contribution is 7.89. The summed E-state index contributed by atoms with van der Waals surface area (Å²) in [6.45, 7) is -0.441. The lowest BCUT2D eigenvalue weighted by Crippen LogP contribution is -2.16. The first-order chi connectivity index (χ1) is 7.00. The van der Waals surface area contributed by atoms with E-state index in [4.69, 9.17) is 15.5 Å². The van der Waals surface area contributed by atoms with Gasteiger partial charge in [-0.1, -0.05) is 18.2 Å². The van der Waals surface area contributed by atoms with E-state index < -0.39 is 22.5 Å². The van der Waals surface area contributed by atoms with Crippen molar-refractivity contribution in [1.82, 2.24) is 0 Å². The first-order valence-electron chi connectivity index (χ1n) is 4.13. The van der Waals surface area contributed by atoms with Crippen LogP contribution in [0.15, 0.2) is 29.2 Å². The maximum Gasteiger partial charge on any atom is 0.238 e. The summed E-state index contributed by atoms with van der Waals surface area (Å²) in [5, 5.41) is 22.6. The number of hydrogen-bond acceptors (Lipinski definition) is 4. The number of hydrogen-bond donors (Lipinski definition) is 2. The maximum atomic E-state index is 11.2. The lowest BCUT2D eigenvalue weighted by Gasteiger charge is -2.10. The molecule has 3 N–H and O–H groups in total. The Morgan fingerprint density at radius 2 is 2.07 bits per heavy atom. The molecule has 1 rings (SSSR count). The van der Waals surface area contributed by atoms with Crippen molar-refractivity contribution in [2.45, 2.75) is 10.8 Å². The Bertz CT molecular complexity index is 490. The smallest absolute Gasteiger partial charge is 0.238 e. The molecule has 6 heteroatoms. The molecule has 0 saturated heterocycles. The number of primary sulfonamides is 1. The first kappa shape index (κ1) is 11.7. The minimum Gasteiger partial charge on any atom is -0.395 e. The van der Waals surface area contributed by atoms with Crippen LogP contribution in [0.3, 0.4) is 0 Å². The van der Waals surface area contributed by atoms with Crippen LogP contribution in [0.25, 0.3) is 0 Å². The van der Waals surface area contributed by atoms with Gasteiger partial charge in [-0.25, -0.2) is 13.6 Å². The predicted molar refractivity (Wildman–Crippen MR) is 53.3 cm³/mol. The molecule has 0 heterocycles. The molecule has 0 aromatic heterocycles. The summed E-state index contributed by atoms with van der Waals surface area (Å²) in [5.41, 5.74) is 0.227. The highest BCUT2D eigenvalue weighted by Gasteiger charge is 2.19. The van der Waals surface area contributed by atoms with Crippen LogP contribution in [0, 0.1) is 11.3 Å². The van der Waals surface area contributed by atoms with Crippen molar-refractivity contribution in [1.29, 1.82) is 5.26 Å². The molecule has 15 heavy (non-hydrogen) atoms. The number of nitriles is 1. The van der Waals surface area contributed by atoms with Crippen LogP contribution in [0.5, 0.6) is 0 Å². The molecule has 0 aliphatic rings. The molecular formula is C9H10N2O3S. The topological polar surface area (TPSA) is 104 Å². The fraction of sp³-hybridized carbons (Fsp3) is 0.222. The van der Waals surface area contributed by atoms with Gasteiger partial charge in [-0.05, 0) is 11.6 Å². The van der Waals surface area contributed by atoms with Crippen LogP contribution >= 0.6 is 0 Å². The van der Waals surface area contributed by atoms with Crippen LogP contribution < -0.4 is 5.14 Å². The van der Waals surface area contributed by atoms with Crippen LogP contribution in [0.2, 0.25) is 0 Å². The Hall–Kier alpha value is -1.42. The molecule has 0 spiro atoms. The summed E-state index contributed by atoms with van der Waals surface area (Å²) in [6.07, 6.45) is 0. The quantitative estimate of drug-likeness (QED) is 0.752. The Labute approximate surface area is 87.8 Å². The van der Waals surface area contributed by atoms with Crippen molar-refractivity contribution in [2.24, 2.45) is 5.14 Å². The number of nitrogens with zero attached hydrogens (tertiary/aromatic N) is 1. The maximum absolute atomic E-state index is 11.2. The van der Waals surface area contributed by atoms with Crippen molar-refractivity contribution < 1.29 is 13.5 Å². The van der Waals surface area contributed by atoms with Crippen molar-refractivity contribution >= 4 is 10.0 Å². The van der Waals surface area contributed by atoms with Crippen LogP contribution in [-0.2, 0) is 10.0 Å². The minimum absolute atomic E-state index is 0.120. The summed E-state index contributed by atoms with van der Waals surface area (Å²) in [6, 6.07) is 7.68. The Morgan fingerprint density at radius 3 is 2.53 bits per heavy atom. The monoisotopic (exact) mass is 226 g/mol. The van der Waals surface area contributed by atoms with Gasteiger partial charge in [-0.3, -0.25) is 0 Å². The van der Waals surface area contributed by atoms with Gasteiger partial charge in [0.25, 0.3) is 0 Å². The van der Waals surface area contributed by atoms with E-state index in [1.54, 1.807) is 6.07 Å². The first-order valence-corrected chi connectivity index (χ1v) is 5.67. The highest BCUT2D eigenvalue weighted by atomic mass is 32.2. The van der Waals surface area contributed by atoms with E-state index in [1.807, 2.05) is 6.07 Å².